The Kier molecular flexibility index (Phi) is 16.5. The minimum absolute atomic E-state index is 0.773. The predicted octanol–water partition coefficient (Wildman–Crippen LogP) is -2.42. The van der Waals surface area contributed by atoms with Gasteiger partial charge in [-0.25, -0.2) is 0 Å². The van der Waals surface area contributed by atoms with E-state index in [0.717, 1.165) is 24.9 Å². The molecule has 0 saturated carbocycles. The lowest BCUT2D eigenvalue weighted by Gasteiger charge is -2.19. The van der Waals surface area contributed by atoms with Crippen molar-refractivity contribution < 1.29 is 30.7 Å². The minimum atomic E-state index is -5.14. The smallest absolute Gasteiger partial charge is 0.0763 e. The summed E-state index contributed by atoms with van der Waals surface area (Å²) < 4.78 is 8.66. The maximum Gasteiger partial charge on any atom is 0.0763 e. The summed E-state index contributed by atoms with van der Waals surface area (Å²) in [6.07, 6.45) is 0. The number of phosphoric acid groups is 1. The fourth-order valence-electron chi connectivity index (χ4n) is 0. The van der Waals surface area contributed by atoms with E-state index in [4.69, 9.17) is 19.2 Å². The van der Waals surface area contributed by atoms with Gasteiger partial charge in [0.05, 0.1) is 20.9 Å². The Hall–Kier alpha value is 0.0300. The van der Waals surface area contributed by atoms with Crippen LogP contribution in [0.1, 0.15) is 27.7 Å². The van der Waals surface area contributed by atoms with Gasteiger partial charge in [-0.05, 0) is 0 Å². The van der Waals surface area contributed by atoms with Crippen molar-refractivity contribution in [2.45, 2.75) is 27.7 Å². The number of quaternary nitrogens is 2. The first-order chi connectivity index (χ1) is 6.54. The van der Waals surface area contributed by atoms with Crippen molar-refractivity contribution in [3.63, 3.8) is 0 Å². The molecule has 0 fully saturated rings. The fraction of sp³-hybridized carbons (Fsp3) is 1.00. The summed E-state index contributed by atoms with van der Waals surface area (Å²) in [4.78, 5) is 24.3. The lowest BCUT2D eigenvalue weighted by molar-refractivity contribution is -0.377. The van der Waals surface area contributed by atoms with Crippen molar-refractivity contribution in [3.05, 3.63) is 0 Å². The topological polar surface area (TPSA) is 139 Å². The third-order valence-corrected chi connectivity index (χ3v) is 1.15. The molecule has 15 heavy (non-hydrogen) atoms. The SMILES string of the molecule is CC(C)C[NH3+].CC(C)C[NH3+].O=P([O-])([O-])O. The zero-order valence-electron chi connectivity index (χ0n) is 10.1. The first-order valence-corrected chi connectivity index (χ1v) is 6.37. The first-order valence-electron chi connectivity index (χ1n) is 4.87. The van der Waals surface area contributed by atoms with Crippen LogP contribution in [0, 0.1) is 11.8 Å². The van der Waals surface area contributed by atoms with Crippen LogP contribution in [-0.2, 0) is 4.57 Å². The molecule has 0 bridgehead atoms. The van der Waals surface area contributed by atoms with Gasteiger partial charge in [-0.2, -0.15) is 0 Å². The first kappa shape index (κ1) is 20.4. The summed E-state index contributed by atoms with van der Waals surface area (Å²) >= 11 is 0. The molecule has 0 aromatic rings. The molecule has 0 heterocycles. The van der Waals surface area contributed by atoms with Gasteiger partial charge < -0.3 is 30.7 Å². The zero-order chi connectivity index (χ0) is 13.1. The fourth-order valence-corrected chi connectivity index (χ4v) is 0. The third kappa shape index (κ3) is 125. The van der Waals surface area contributed by atoms with Crippen LogP contribution in [0.5, 0.6) is 0 Å². The molecule has 0 aromatic carbocycles. The van der Waals surface area contributed by atoms with E-state index in [1.54, 1.807) is 0 Å². The highest BCUT2D eigenvalue weighted by molar-refractivity contribution is 7.42. The van der Waals surface area contributed by atoms with E-state index in [-0.39, 0.29) is 0 Å². The van der Waals surface area contributed by atoms with Crippen LogP contribution in [-0.4, -0.2) is 18.0 Å². The second kappa shape index (κ2) is 12.1. The van der Waals surface area contributed by atoms with Crippen LogP contribution in [0.3, 0.4) is 0 Å². The standard InChI is InChI=1S/2C4H11N.H3O4P/c2*1-4(2)3-5;1-5(2,3)4/h2*4H,3,5H2,1-2H3;(H3,1,2,3,4). The van der Waals surface area contributed by atoms with Gasteiger partial charge in [-0.1, -0.05) is 27.7 Å². The molecule has 0 saturated heterocycles. The quantitative estimate of drug-likeness (QED) is 0.465. The van der Waals surface area contributed by atoms with Crippen LogP contribution in [0.2, 0.25) is 0 Å². The summed E-state index contributed by atoms with van der Waals surface area (Å²) in [6, 6.07) is 0. The molecule has 0 amide bonds. The average molecular weight is 244 g/mol. The normalized spacial score (nSPS) is 10.3. The Morgan fingerprint density at radius 3 is 1.13 bits per heavy atom. The summed E-state index contributed by atoms with van der Waals surface area (Å²) in [5, 5.41) is 0. The van der Waals surface area contributed by atoms with Crippen LogP contribution >= 0.6 is 7.82 Å². The summed E-state index contributed by atoms with van der Waals surface area (Å²) in [5.74, 6) is 1.55. The van der Waals surface area contributed by atoms with Crippen molar-refractivity contribution in [1.29, 1.82) is 0 Å². The Morgan fingerprint density at radius 2 is 1.13 bits per heavy atom. The molecule has 0 aliphatic heterocycles. The molecule has 0 rings (SSSR count). The highest BCUT2D eigenvalue weighted by Gasteiger charge is 1.84. The Labute approximate surface area is 91.9 Å². The number of rotatable bonds is 2. The van der Waals surface area contributed by atoms with Crippen molar-refractivity contribution in [2.75, 3.05) is 13.1 Å². The van der Waals surface area contributed by atoms with Crippen molar-refractivity contribution in [2.24, 2.45) is 11.8 Å². The van der Waals surface area contributed by atoms with E-state index in [0.29, 0.717) is 0 Å². The van der Waals surface area contributed by atoms with E-state index >= 15 is 0 Å². The summed E-state index contributed by atoms with van der Waals surface area (Å²) in [7, 11) is -5.14. The summed E-state index contributed by atoms with van der Waals surface area (Å²) in [5.41, 5.74) is 7.37. The number of hydrogen-bond donors (Lipinski definition) is 3. The van der Waals surface area contributed by atoms with Gasteiger partial charge in [0.2, 0.25) is 0 Å². The largest absolute Gasteiger partial charge is 0.790 e. The van der Waals surface area contributed by atoms with Crippen LogP contribution in [0.4, 0.5) is 0 Å². The molecule has 0 atom stereocenters. The van der Waals surface area contributed by atoms with Gasteiger partial charge in [0.1, 0.15) is 0 Å². The van der Waals surface area contributed by atoms with Crippen LogP contribution < -0.4 is 21.3 Å². The molecular weight excluding hydrogens is 219 g/mol. The van der Waals surface area contributed by atoms with E-state index in [1.807, 2.05) is 0 Å². The Morgan fingerprint density at radius 1 is 1.07 bits per heavy atom. The predicted molar refractivity (Wildman–Crippen MR) is 55.0 cm³/mol. The molecule has 7 N–H and O–H groups in total. The van der Waals surface area contributed by atoms with Crippen molar-refractivity contribution >= 4 is 7.82 Å². The highest BCUT2D eigenvalue weighted by atomic mass is 31.2. The van der Waals surface area contributed by atoms with E-state index < -0.39 is 7.82 Å². The molecule has 0 aliphatic carbocycles. The van der Waals surface area contributed by atoms with E-state index in [9.17, 15) is 0 Å². The molecule has 0 radical (unpaired) electrons. The van der Waals surface area contributed by atoms with E-state index in [1.165, 1.54) is 0 Å². The van der Waals surface area contributed by atoms with Gasteiger partial charge >= 0.3 is 0 Å². The molecule has 0 spiro atoms. The molecule has 0 aliphatic rings. The van der Waals surface area contributed by atoms with Crippen molar-refractivity contribution in [3.8, 4) is 0 Å². The molecule has 6 nitrogen and oxygen atoms in total. The lowest BCUT2D eigenvalue weighted by atomic mass is 10.2. The maximum absolute atomic E-state index is 8.66. The second-order valence-corrected chi connectivity index (χ2v) is 4.77. The van der Waals surface area contributed by atoms with Gasteiger partial charge in [0, 0.05) is 11.8 Å². The average Bonchev–Trinajstić information content (AvgIpc) is 2.02. The van der Waals surface area contributed by atoms with Gasteiger partial charge in [0.25, 0.3) is 0 Å². The molecule has 7 heteroatoms. The monoisotopic (exact) mass is 244 g/mol. The molecule has 0 aromatic heterocycles. The second-order valence-electron chi connectivity index (χ2n) is 3.83. The van der Waals surface area contributed by atoms with Gasteiger partial charge in [-0.3, -0.25) is 0 Å². The van der Waals surface area contributed by atoms with E-state index in [2.05, 4.69) is 39.2 Å². The third-order valence-electron chi connectivity index (χ3n) is 1.15. The Bertz CT molecular complexity index is 142. The highest BCUT2D eigenvalue weighted by Crippen LogP contribution is 2.11. The van der Waals surface area contributed by atoms with Gasteiger partial charge in [0.15, 0.2) is 0 Å². The van der Waals surface area contributed by atoms with Gasteiger partial charge in [-0.15, -0.1) is 0 Å². The van der Waals surface area contributed by atoms with Crippen LogP contribution in [0.25, 0.3) is 0 Å². The Balaban J connectivity index is -0.000000144. The minimum Gasteiger partial charge on any atom is -0.790 e. The molecular formula is C8H25N2O4P. The molecule has 96 valence electrons. The maximum atomic E-state index is 8.66. The zero-order valence-corrected chi connectivity index (χ0v) is 11.0. The van der Waals surface area contributed by atoms with Crippen molar-refractivity contribution in [1.82, 2.24) is 0 Å². The lowest BCUT2D eigenvalue weighted by Crippen LogP contribution is -2.52. The summed E-state index contributed by atoms with van der Waals surface area (Å²) in [6.45, 7) is 10.8. The number of hydrogen-bond acceptors (Lipinski definition) is 3. The molecule has 0 unspecified atom stereocenters. The van der Waals surface area contributed by atoms with Crippen LogP contribution in [0.15, 0.2) is 0 Å².